The number of hydrogen-bond donors (Lipinski definition) is 2. The lowest BCUT2D eigenvalue weighted by Gasteiger charge is -2.12. The van der Waals surface area contributed by atoms with Crippen LogP contribution in [0.2, 0.25) is 5.02 Å². The van der Waals surface area contributed by atoms with Crippen LogP contribution in [0.3, 0.4) is 0 Å². The third-order valence-electron chi connectivity index (χ3n) is 5.31. The van der Waals surface area contributed by atoms with Crippen LogP contribution in [0.5, 0.6) is 0 Å². The number of H-pyrrole nitrogens is 1. The van der Waals surface area contributed by atoms with Crippen molar-refractivity contribution in [1.29, 1.82) is 0 Å². The van der Waals surface area contributed by atoms with Crippen LogP contribution in [0, 0.1) is 6.92 Å². The van der Waals surface area contributed by atoms with Crippen molar-refractivity contribution in [3.8, 4) is 0 Å². The highest BCUT2D eigenvalue weighted by atomic mass is 35.5. The first-order valence-electron chi connectivity index (χ1n) is 10.6. The van der Waals surface area contributed by atoms with Gasteiger partial charge in [-0.15, -0.1) is 0 Å². The second-order valence-electron chi connectivity index (χ2n) is 7.80. The molecule has 8 heteroatoms. The topological polar surface area (TPSA) is 96.8 Å². The summed E-state index contributed by atoms with van der Waals surface area (Å²) in [7, 11) is 0. The Hall–Kier alpha value is -3.19. The minimum Gasteiger partial charge on any atom is -0.355 e. The Balaban J connectivity index is 1.80. The number of halogens is 1. The number of carbonyl (C=O) groups is 2. The quantitative estimate of drug-likeness (QED) is 0.379. The highest BCUT2D eigenvalue weighted by Gasteiger charge is 2.20. The average Bonchev–Trinajstić information content (AvgIpc) is 3.16. The summed E-state index contributed by atoms with van der Waals surface area (Å²) in [4.78, 5) is 40.4. The fourth-order valence-electron chi connectivity index (χ4n) is 3.36. The summed E-state index contributed by atoms with van der Waals surface area (Å²) in [5.74, 6) is -0.584. The smallest absolute Gasteiger partial charge is 0.267 e. The lowest BCUT2D eigenvalue weighted by Crippen LogP contribution is -2.34. The number of benzene rings is 1. The van der Waals surface area contributed by atoms with Gasteiger partial charge < -0.3 is 10.3 Å². The predicted octanol–water partition coefficient (Wildman–Crippen LogP) is 3.83. The molecule has 1 unspecified atom stereocenters. The Labute approximate surface area is 191 Å². The minimum absolute atomic E-state index is 0.126. The van der Waals surface area contributed by atoms with Gasteiger partial charge in [-0.2, -0.15) is 5.10 Å². The number of unbranched alkanes of at least 4 members (excludes halogenated alkanes) is 1. The zero-order chi connectivity index (χ0) is 23.3. The predicted molar refractivity (Wildman–Crippen MR) is 124 cm³/mol. The van der Waals surface area contributed by atoms with Crippen molar-refractivity contribution in [2.75, 3.05) is 6.54 Å². The van der Waals surface area contributed by atoms with Crippen LogP contribution in [0.1, 0.15) is 65.6 Å². The molecular formula is C24H27ClN4O3. The van der Waals surface area contributed by atoms with Gasteiger partial charge in [0.1, 0.15) is 6.54 Å². The molecule has 2 N–H and O–H groups in total. The molecule has 2 heterocycles. The van der Waals surface area contributed by atoms with E-state index in [9.17, 15) is 14.4 Å². The normalized spacial score (nSPS) is 11.9. The fourth-order valence-corrected chi connectivity index (χ4v) is 3.49. The lowest BCUT2D eigenvalue weighted by atomic mass is 10.0. The summed E-state index contributed by atoms with van der Waals surface area (Å²) in [5.41, 5.74) is 2.93. The van der Waals surface area contributed by atoms with Crippen molar-refractivity contribution in [2.24, 2.45) is 0 Å². The van der Waals surface area contributed by atoms with Gasteiger partial charge in [0, 0.05) is 34.8 Å². The van der Waals surface area contributed by atoms with Gasteiger partial charge in [0.15, 0.2) is 0 Å². The van der Waals surface area contributed by atoms with Crippen LogP contribution in [-0.2, 0) is 11.3 Å². The van der Waals surface area contributed by atoms with E-state index in [4.69, 9.17) is 11.6 Å². The first kappa shape index (κ1) is 23.5. The minimum atomic E-state index is -0.340. The molecule has 0 aliphatic heterocycles. The molecule has 0 fully saturated rings. The summed E-state index contributed by atoms with van der Waals surface area (Å²) >= 11 is 5.92. The van der Waals surface area contributed by atoms with Crippen LogP contribution in [0.15, 0.2) is 47.3 Å². The van der Waals surface area contributed by atoms with Gasteiger partial charge in [-0.25, -0.2) is 4.68 Å². The molecule has 0 bridgehead atoms. The molecular weight excluding hydrogens is 428 g/mol. The summed E-state index contributed by atoms with van der Waals surface area (Å²) in [6, 6.07) is 11.7. The van der Waals surface area contributed by atoms with Crippen LogP contribution in [0.25, 0.3) is 0 Å². The molecule has 168 valence electrons. The number of nitrogens with one attached hydrogen (secondary N) is 2. The second-order valence-corrected chi connectivity index (χ2v) is 8.23. The average molecular weight is 455 g/mol. The third-order valence-corrected chi connectivity index (χ3v) is 5.56. The molecule has 0 saturated heterocycles. The number of amides is 1. The van der Waals surface area contributed by atoms with Crippen molar-refractivity contribution >= 4 is 23.3 Å². The SMILES string of the molecule is CCCCNC(=O)Cn1nc(C(C)c2cc(C)c(C(=O)c3ccc(Cl)cc3)[nH]2)ccc1=O. The Kier molecular flexibility index (Phi) is 7.64. The van der Waals surface area contributed by atoms with Crippen molar-refractivity contribution in [3.63, 3.8) is 0 Å². The molecule has 7 nitrogen and oxygen atoms in total. The third kappa shape index (κ3) is 5.53. The summed E-state index contributed by atoms with van der Waals surface area (Å²) in [5, 5.41) is 7.75. The second kappa shape index (κ2) is 10.4. The number of aromatic nitrogens is 3. The number of ketones is 1. The zero-order valence-electron chi connectivity index (χ0n) is 18.4. The number of hydrogen-bond acceptors (Lipinski definition) is 4. The monoisotopic (exact) mass is 454 g/mol. The van der Waals surface area contributed by atoms with E-state index in [2.05, 4.69) is 15.4 Å². The van der Waals surface area contributed by atoms with Gasteiger partial charge >= 0.3 is 0 Å². The van der Waals surface area contributed by atoms with Crippen LogP contribution < -0.4 is 10.9 Å². The molecule has 32 heavy (non-hydrogen) atoms. The summed E-state index contributed by atoms with van der Waals surface area (Å²) in [6.07, 6.45) is 1.86. The molecule has 0 saturated carbocycles. The molecule has 0 spiro atoms. The maximum atomic E-state index is 12.9. The first-order chi connectivity index (χ1) is 15.3. The standard InChI is InChI=1S/C24H27ClN4O3/c1-4-5-12-26-21(30)14-29-22(31)11-10-19(28-29)16(3)20-13-15(2)23(27-20)24(32)17-6-8-18(25)9-7-17/h6-11,13,16,27H,4-5,12,14H2,1-3H3,(H,26,30). The maximum absolute atomic E-state index is 12.9. The molecule has 1 amide bonds. The number of aryl methyl sites for hydroxylation is 1. The van der Waals surface area contributed by atoms with Gasteiger partial charge in [-0.3, -0.25) is 14.4 Å². The van der Waals surface area contributed by atoms with Gasteiger partial charge in [0.2, 0.25) is 11.7 Å². The Morgan fingerprint density at radius 2 is 1.91 bits per heavy atom. The molecule has 0 radical (unpaired) electrons. The Morgan fingerprint density at radius 1 is 1.19 bits per heavy atom. The zero-order valence-corrected chi connectivity index (χ0v) is 19.2. The van der Waals surface area contributed by atoms with E-state index in [1.54, 1.807) is 30.3 Å². The van der Waals surface area contributed by atoms with Crippen LogP contribution in [-0.4, -0.2) is 33.0 Å². The lowest BCUT2D eigenvalue weighted by molar-refractivity contribution is -0.121. The molecule has 0 aliphatic rings. The maximum Gasteiger partial charge on any atom is 0.267 e. The van der Waals surface area contributed by atoms with Crippen LogP contribution >= 0.6 is 11.6 Å². The molecule has 3 aromatic rings. The Morgan fingerprint density at radius 3 is 2.59 bits per heavy atom. The van der Waals surface area contributed by atoms with Crippen molar-refractivity contribution in [3.05, 3.63) is 86.0 Å². The number of rotatable bonds is 9. The fraction of sp³-hybridized carbons (Fsp3) is 0.333. The molecule has 2 aromatic heterocycles. The van der Waals surface area contributed by atoms with Gasteiger partial charge in [0.05, 0.1) is 11.4 Å². The van der Waals surface area contributed by atoms with Crippen molar-refractivity contribution in [1.82, 2.24) is 20.1 Å². The highest BCUT2D eigenvalue weighted by molar-refractivity contribution is 6.30. The number of carbonyl (C=O) groups excluding carboxylic acids is 2. The summed E-state index contributed by atoms with van der Waals surface area (Å²) < 4.78 is 1.17. The van der Waals surface area contributed by atoms with Gasteiger partial charge in [-0.1, -0.05) is 31.9 Å². The number of aromatic amines is 1. The van der Waals surface area contributed by atoms with E-state index in [0.717, 1.165) is 24.1 Å². The largest absolute Gasteiger partial charge is 0.355 e. The molecule has 1 atom stereocenters. The first-order valence-corrected chi connectivity index (χ1v) is 11.0. The van der Waals surface area contributed by atoms with E-state index in [-0.39, 0.29) is 29.7 Å². The van der Waals surface area contributed by atoms with Crippen molar-refractivity contribution < 1.29 is 9.59 Å². The van der Waals surface area contributed by atoms with Crippen LogP contribution in [0.4, 0.5) is 0 Å². The van der Waals surface area contributed by atoms with E-state index >= 15 is 0 Å². The highest BCUT2D eigenvalue weighted by Crippen LogP contribution is 2.25. The van der Waals surface area contributed by atoms with Gasteiger partial charge in [-0.05, 0) is 55.3 Å². The molecule has 0 aliphatic carbocycles. The van der Waals surface area contributed by atoms with Crippen molar-refractivity contribution in [2.45, 2.75) is 46.1 Å². The van der Waals surface area contributed by atoms with E-state index in [1.165, 1.54) is 10.7 Å². The summed E-state index contributed by atoms with van der Waals surface area (Å²) in [6.45, 7) is 6.28. The van der Waals surface area contributed by atoms with E-state index in [1.807, 2.05) is 26.8 Å². The molecule has 1 aromatic carbocycles. The van der Waals surface area contributed by atoms with Gasteiger partial charge in [0.25, 0.3) is 5.56 Å². The number of nitrogens with zero attached hydrogens (tertiary/aromatic N) is 2. The Bertz CT molecular complexity index is 1160. The van der Waals surface area contributed by atoms with E-state index < -0.39 is 0 Å². The van der Waals surface area contributed by atoms with E-state index in [0.29, 0.717) is 28.5 Å². The molecule has 3 rings (SSSR count).